The largest absolute Gasteiger partial charge is 0.322 e. The maximum absolute atomic E-state index is 13.1. The maximum Gasteiger partial charge on any atom is 0.264 e. The fraction of sp³-hybridized carbons (Fsp3) is 0.136. The van der Waals surface area contributed by atoms with Gasteiger partial charge < -0.3 is 5.32 Å². The number of nitrogens with one attached hydrogen (secondary N) is 1. The monoisotopic (exact) mass is 426 g/mol. The minimum absolute atomic E-state index is 0.0621. The lowest BCUT2D eigenvalue weighted by molar-refractivity contribution is 0.102. The molecule has 3 aromatic carbocycles. The van der Waals surface area contributed by atoms with E-state index < -0.39 is 10.0 Å². The smallest absolute Gasteiger partial charge is 0.264 e. The number of amides is 1. The lowest BCUT2D eigenvalue weighted by atomic mass is 10.2. The predicted molar refractivity (Wildman–Crippen MR) is 119 cm³/mol. The molecule has 0 saturated carbocycles. The molecule has 0 saturated heterocycles. The first kappa shape index (κ1) is 21.0. The van der Waals surface area contributed by atoms with E-state index in [4.69, 9.17) is 0 Å². The van der Waals surface area contributed by atoms with E-state index in [0.29, 0.717) is 11.4 Å². The van der Waals surface area contributed by atoms with Crippen molar-refractivity contribution in [1.82, 2.24) is 0 Å². The summed E-state index contributed by atoms with van der Waals surface area (Å²) in [7, 11) is -2.29. The van der Waals surface area contributed by atoms with Gasteiger partial charge in [0.05, 0.1) is 10.6 Å². The normalized spacial score (nSPS) is 11.1. The van der Waals surface area contributed by atoms with Crippen molar-refractivity contribution in [1.29, 1.82) is 0 Å². The van der Waals surface area contributed by atoms with Gasteiger partial charge in [-0.1, -0.05) is 24.3 Å². The van der Waals surface area contributed by atoms with Gasteiger partial charge in [0.2, 0.25) is 0 Å². The van der Waals surface area contributed by atoms with Crippen LogP contribution in [-0.2, 0) is 10.0 Å². The second-order valence-corrected chi connectivity index (χ2v) is 9.37. The highest BCUT2D eigenvalue weighted by Gasteiger charge is 2.22. The first-order valence-corrected chi connectivity index (χ1v) is 11.6. The molecular weight excluding hydrogens is 404 g/mol. The summed E-state index contributed by atoms with van der Waals surface area (Å²) >= 11 is 1.58. The van der Waals surface area contributed by atoms with Crippen molar-refractivity contribution in [2.75, 3.05) is 22.9 Å². The molecule has 29 heavy (non-hydrogen) atoms. The van der Waals surface area contributed by atoms with Crippen LogP contribution in [0.25, 0.3) is 0 Å². The molecule has 5 nitrogen and oxygen atoms in total. The van der Waals surface area contributed by atoms with Gasteiger partial charge in [0.1, 0.15) is 0 Å². The average Bonchev–Trinajstić information content (AvgIpc) is 2.73. The fourth-order valence-corrected chi connectivity index (χ4v) is 4.52. The van der Waals surface area contributed by atoms with Crippen molar-refractivity contribution in [2.45, 2.75) is 16.7 Å². The molecule has 150 valence electrons. The molecule has 0 atom stereocenters. The summed E-state index contributed by atoms with van der Waals surface area (Å²) in [4.78, 5) is 13.7. The van der Waals surface area contributed by atoms with E-state index in [2.05, 4.69) is 5.32 Å². The highest BCUT2D eigenvalue weighted by atomic mass is 32.2. The molecule has 1 N–H and O–H groups in total. The summed E-state index contributed by atoms with van der Waals surface area (Å²) in [5, 5.41) is 2.82. The molecule has 7 heteroatoms. The van der Waals surface area contributed by atoms with Gasteiger partial charge in [0.25, 0.3) is 15.9 Å². The number of carbonyl (C=O) groups excluding carboxylic acids is 1. The van der Waals surface area contributed by atoms with E-state index in [9.17, 15) is 13.2 Å². The topological polar surface area (TPSA) is 66.5 Å². The van der Waals surface area contributed by atoms with Crippen molar-refractivity contribution in [3.63, 3.8) is 0 Å². The molecular formula is C22H22N2O3S2. The second kappa shape index (κ2) is 8.71. The van der Waals surface area contributed by atoms with Crippen molar-refractivity contribution in [2.24, 2.45) is 0 Å². The first-order valence-electron chi connectivity index (χ1n) is 8.92. The Labute approximate surface area is 175 Å². The fourth-order valence-electron chi connectivity index (χ4n) is 2.82. The Morgan fingerprint density at radius 3 is 2.41 bits per heavy atom. The van der Waals surface area contributed by atoms with Crippen LogP contribution in [0.5, 0.6) is 0 Å². The summed E-state index contributed by atoms with van der Waals surface area (Å²) < 4.78 is 27.3. The lowest BCUT2D eigenvalue weighted by Crippen LogP contribution is -2.27. The van der Waals surface area contributed by atoms with Crippen LogP contribution in [0.15, 0.2) is 82.6 Å². The second-order valence-electron chi connectivity index (χ2n) is 6.53. The summed E-state index contributed by atoms with van der Waals surface area (Å²) in [5.74, 6) is -0.362. The van der Waals surface area contributed by atoms with Crippen LogP contribution in [0.1, 0.15) is 15.9 Å². The van der Waals surface area contributed by atoms with E-state index in [1.54, 1.807) is 42.1 Å². The molecule has 0 heterocycles. The van der Waals surface area contributed by atoms with Gasteiger partial charge in [-0.05, 0) is 67.3 Å². The molecule has 0 aliphatic carbocycles. The third kappa shape index (κ3) is 4.81. The van der Waals surface area contributed by atoms with Gasteiger partial charge >= 0.3 is 0 Å². The molecule has 0 fully saturated rings. The molecule has 0 aliphatic rings. The Bertz CT molecular complexity index is 1140. The summed E-state index contributed by atoms with van der Waals surface area (Å²) in [6.45, 7) is 1.90. The molecule has 0 bridgehead atoms. The minimum Gasteiger partial charge on any atom is -0.322 e. The van der Waals surface area contributed by atoms with E-state index in [1.807, 2.05) is 43.5 Å². The number of aryl methyl sites for hydroxylation is 1. The van der Waals surface area contributed by atoms with Crippen LogP contribution < -0.4 is 9.62 Å². The SMILES string of the molecule is CSc1cccc(NC(=O)c2cccc(S(=O)(=O)N(C)c3cccc(C)c3)c2)c1. The summed E-state index contributed by atoms with van der Waals surface area (Å²) in [6, 6.07) is 20.8. The van der Waals surface area contributed by atoms with Gasteiger partial charge in [-0.25, -0.2) is 8.42 Å². The van der Waals surface area contributed by atoms with Crippen LogP contribution in [0.2, 0.25) is 0 Å². The standard InChI is InChI=1S/C22H22N2O3S2/c1-16-7-4-10-19(13-16)24(2)29(26,27)21-12-5-8-17(14-21)22(25)23-18-9-6-11-20(15-18)28-3/h4-15H,1-3H3,(H,23,25). The first-order chi connectivity index (χ1) is 13.8. The van der Waals surface area contributed by atoms with Crippen molar-refractivity contribution in [3.8, 4) is 0 Å². The summed E-state index contributed by atoms with van der Waals surface area (Å²) in [6.07, 6.45) is 1.96. The molecule has 0 radical (unpaired) electrons. The molecule has 3 aromatic rings. The molecule has 1 amide bonds. The zero-order valence-electron chi connectivity index (χ0n) is 16.4. The quantitative estimate of drug-likeness (QED) is 0.575. The van der Waals surface area contributed by atoms with Gasteiger partial charge in [-0.15, -0.1) is 11.8 Å². The van der Waals surface area contributed by atoms with Crippen molar-refractivity contribution < 1.29 is 13.2 Å². The molecule has 0 aromatic heterocycles. The Balaban J connectivity index is 1.87. The number of hydrogen-bond acceptors (Lipinski definition) is 4. The number of carbonyl (C=O) groups is 1. The molecule has 0 unspecified atom stereocenters. The summed E-state index contributed by atoms with van der Waals surface area (Å²) in [5.41, 5.74) is 2.46. The number of thioether (sulfide) groups is 1. The number of benzene rings is 3. The zero-order chi connectivity index (χ0) is 21.0. The lowest BCUT2D eigenvalue weighted by Gasteiger charge is -2.20. The minimum atomic E-state index is -3.80. The van der Waals surface area contributed by atoms with E-state index in [-0.39, 0.29) is 16.4 Å². The van der Waals surface area contributed by atoms with Crippen LogP contribution in [-0.4, -0.2) is 27.6 Å². The van der Waals surface area contributed by atoms with Crippen LogP contribution in [0.3, 0.4) is 0 Å². The van der Waals surface area contributed by atoms with Crippen molar-refractivity contribution in [3.05, 3.63) is 83.9 Å². The van der Waals surface area contributed by atoms with Gasteiger partial charge in [-0.3, -0.25) is 9.10 Å². The average molecular weight is 427 g/mol. The van der Waals surface area contributed by atoms with Crippen LogP contribution >= 0.6 is 11.8 Å². The Morgan fingerprint density at radius 2 is 1.69 bits per heavy atom. The number of rotatable bonds is 6. The van der Waals surface area contributed by atoms with Crippen molar-refractivity contribution >= 4 is 39.1 Å². The van der Waals surface area contributed by atoms with Crippen LogP contribution in [0, 0.1) is 6.92 Å². The van der Waals surface area contributed by atoms with Gasteiger partial charge in [0.15, 0.2) is 0 Å². The third-order valence-corrected chi connectivity index (χ3v) is 6.95. The highest BCUT2D eigenvalue weighted by Crippen LogP contribution is 2.24. The number of hydrogen-bond donors (Lipinski definition) is 1. The molecule has 3 rings (SSSR count). The number of nitrogens with zero attached hydrogens (tertiary/aromatic N) is 1. The molecule has 0 aliphatic heterocycles. The number of anilines is 2. The highest BCUT2D eigenvalue weighted by molar-refractivity contribution is 7.98. The molecule has 0 spiro atoms. The third-order valence-electron chi connectivity index (χ3n) is 4.45. The van der Waals surface area contributed by atoms with E-state index in [1.165, 1.54) is 23.5 Å². The Morgan fingerprint density at radius 1 is 0.966 bits per heavy atom. The van der Waals surface area contributed by atoms with Gasteiger partial charge in [-0.2, -0.15) is 0 Å². The predicted octanol–water partition coefficient (Wildman–Crippen LogP) is 4.79. The maximum atomic E-state index is 13.1. The Hall–Kier alpha value is -2.77. The van der Waals surface area contributed by atoms with Crippen LogP contribution in [0.4, 0.5) is 11.4 Å². The zero-order valence-corrected chi connectivity index (χ0v) is 18.0. The van der Waals surface area contributed by atoms with E-state index in [0.717, 1.165) is 10.5 Å². The Kier molecular flexibility index (Phi) is 6.30. The number of sulfonamides is 1. The van der Waals surface area contributed by atoms with Gasteiger partial charge in [0, 0.05) is 23.2 Å². The van der Waals surface area contributed by atoms with E-state index >= 15 is 0 Å².